The zero-order chi connectivity index (χ0) is 26.0. The number of anilines is 3. The molecule has 1 unspecified atom stereocenters. The topological polar surface area (TPSA) is 96.6 Å². The van der Waals surface area contributed by atoms with Gasteiger partial charge in [0.15, 0.2) is 17.4 Å². The summed E-state index contributed by atoms with van der Waals surface area (Å²) < 4.78 is 49.8. The maximum absolute atomic E-state index is 15.0. The second kappa shape index (κ2) is 10.3. The number of urea groups is 1. The van der Waals surface area contributed by atoms with Crippen molar-refractivity contribution in [1.82, 2.24) is 14.9 Å². The molecule has 2 amide bonds. The molecule has 4 rings (SSSR count). The van der Waals surface area contributed by atoms with Crippen LogP contribution in [-0.2, 0) is 6.54 Å². The smallest absolute Gasteiger partial charge is 0.314 e. The van der Waals surface area contributed by atoms with Gasteiger partial charge in [-0.3, -0.25) is 0 Å². The minimum atomic E-state index is -0.734. The number of hydrogen-bond donors (Lipinski definition) is 2. The van der Waals surface area contributed by atoms with E-state index < -0.39 is 23.5 Å². The fourth-order valence-corrected chi connectivity index (χ4v) is 3.96. The first-order chi connectivity index (χ1) is 17.2. The number of primary amides is 1. The molecule has 0 saturated carbocycles. The van der Waals surface area contributed by atoms with E-state index in [0.717, 1.165) is 12.6 Å². The molecule has 2 aromatic carbocycles. The van der Waals surface area contributed by atoms with E-state index in [1.54, 1.807) is 12.1 Å². The summed E-state index contributed by atoms with van der Waals surface area (Å²) in [5, 5.41) is 2.84. The zero-order valence-corrected chi connectivity index (χ0v) is 20.2. The number of rotatable bonds is 7. The van der Waals surface area contributed by atoms with Gasteiger partial charge in [0.05, 0.1) is 18.4 Å². The quantitative estimate of drug-likeness (QED) is 0.483. The Balaban J connectivity index is 1.63. The van der Waals surface area contributed by atoms with E-state index in [2.05, 4.69) is 15.3 Å². The minimum absolute atomic E-state index is 0.0000831. The molecule has 1 aromatic heterocycles. The van der Waals surface area contributed by atoms with Crippen molar-refractivity contribution in [2.24, 2.45) is 5.73 Å². The number of ether oxygens (including phenoxy) is 1. The standard InChI is InChI=1S/C25H27F3N6O2/c1-4-14(2)34-7-8-36-23-19(27)9-16(10-21(23)34)22-20(28)12-30-25(32-22)31-17-6-5-15(18(26)11-17)13-33(3)24(29)35/h5-6,9-12,14H,4,7-8,13H2,1-3H3,(H2,29,35)(H,30,31,32). The number of nitrogens with zero attached hydrogens (tertiary/aromatic N) is 4. The second-order valence-electron chi connectivity index (χ2n) is 8.62. The molecule has 3 aromatic rings. The van der Waals surface area contributed by atoms with E-state index in [4.69, 9.17) is 10.5 Å². The Morgan fingerprint density at radius 2 is 2.00 bits per heavy atom. The van der Waals surface area contributed by atoms with Gasteiger partial charge in [0.2, 0.25) is 5.95 Å². The van der Waals surface area contributed by atoms with Gasteiger partial charge in [0.1, 0.15) is 18.1 Å². The largest absolute Gasteiger partial charge is 0.486 e. The first-order valence-corrected chi connectivity index (χ1v) is 11.5. The predicted octanol–water partition coefficient (Wildman–Crippen LogP) is 4.81. The number of fused-ring (bicyclic) bond motifs is 1. The van der Waals surface area contributed by atoms with Gasteiger partial charge in [-0.05, 0) is 37.6 Å². The third kappa shape index (κ3) is 5.14. The van der Waals surface area contributed by atoms with Crippen molar-refractivity contribution >= 4 is 23.4 Å². The van der Waals surface area contributed by atoms with E-state index in [1.165, 1.54) is 30.1 Å². The maximum Gasteiger partial charge on any atom is 0.314 e. The van der Waals surface area contributed by atoms with Gasteiger partial charge in [-0.1, -0.05) is 13.0 Å². The highest BCUT2D eigenvalue weighted by molar-refractivity contribution is 5.73. The van der Waals surface area contributed by atoms with Gasteiger partial charge in [0.25, 0.3) is 0 Å². The number of hydrogen-bond acceptors (Lipinski definition) is 6. The summed E-state index contributed by atoms with van der Waals surface area (Å²) in [5.74, 6) is -1.78. The average molecular weight is 501 g/mol. The van der Waals surface area contributed by atoms with E-state index in [-0.39, 0.29) is 41.1 Å². The molecule has 11 heteroatoms. The molecule has 1 atom stereocenters. The molecule has 1 aliphatic heterocycles. The van der Waals surface area contributed by atoms with Crippen LogP contribution in [-0.4, -0.2) is 47.1 Å². The average Bonchev–Trinajstić information content (AvgIpc) is 2.85. The third-order valence-electron chi connectivity index (χ3n) is 6.15. The molecule has 1 aliphatic rings. The molecule has 0 bridgehead atoms. The predicted molar refractivity (Wildman–Crippen MR) is 131 cm³/mol. The van der Waals surface area contributed by atoms with Crippen LogP contribution in [0.2, 0.25) is 0 Å². The number of aromatic nitrogens is 2. The lowest BCUT2D eigenvalue weighted by Gasteiger charge is -2.36. The molecule has 3 N–H and O–H groups in total. The summed E-state index contributed by atoms with van der Waals surface area (Å²) in [6.07, 6.45) is 1.81. The second-order valence-corrected chi connectivity index (χ2v) is 8.62. The van der Waals surface area contributed by atoms with Crippen LogP contribution in [0, 0.1) is 17.5 Å². The van der Waals surface area contributed by atoms with Crippen LogP contribution in [0.4, 0.5) is 35.3 Å². The number of nitrogens with one attached hydrogen (secondary N) is 1. The zero-order valence-electron chi connectivity index (χ0n) is 20.2. The van der Waals surface area contributed by atoms with E-state index in [9.17, 15) is 18.0 Å². The Morgan fingerprint density at radius 1 is 1.22 bits per heavy atom. The van der Waals surface area contributed by atoms with Gasteiger partial charge in [-0.15, -0.1) is 0 Å². The van der Waals surface area contributed by atoms with Crippen molar-refractivity contribution in [3.8, 4) is 17.0 Å². The number of halogens is 3. The summed E-state index contributed by atoms with van der Waals surface area (Å²) in [4.78, 5) is 22.6. The van der Waals surface area contributed by atoms with Crippen LogP contribution in [0.1, 0.15) is 25.8 Å². The Hall–Kier alpha value is -4.02. The minimum Gasteiger partial charge on any atom is -0.486 e. The molecule has 2 heterocycles. The van der Waals surface area contributed by atoms with Crippen molar-refractivity contribution in [2.75, 3.05) is 30.4 Å². The molecule has 0 fully saturated rings. The molecule has 0 aliphatic carbocycles. The number of carbonyl (C=O) groups excluding carboxylic acids is 1. The van der Waals surface area contributed by atoms with E-state index in [0.29, 0.717) is 24.5 Å². The van der Waals surface area contributed by atoms with Crippen LogP contribution in [0.3, 0.4) is 0 Å². The lowest BCUT2D eigenvalue weighted by atomic mass is 10.1. The Bertz CT molecular complexity index is 1290. The van der Waals surface area contributed by atoms with Crippen molar-refractivity contribution in [1.29, 1.82) is 0 Å². The first-order valence-electron chi connectivity index (χ1n) is 11.5. The Kier molecular flexibility index (Phi) is 7.18. The fraction of sp³-hybridized carbons (Fsp3) is 0.320. The Morgan fingerprint density at radius 3 is 2.69 bits per heavy atom. The monoisotopic (exact) mass is 500 g/mol. The lowest BCUT2D eigenvalue weighted by Crippen LogP contribution is -2.39. The van der Waals surface area contributed by atoms with Gasteiger partial charge >= 0.3 is 6.03 Å². The number of nitrogens with two attached hydrogens (primary N) is 1. The molecule has 8 nitrogen and oxygen atoms in total. The highest BCUT2D eigenvalue weighted by Gasteiger charge is 2.26. The molecule has 0 saturated heterocycles. The molecular formula is C25H27F3N6O2. The SMILES string of the molecule is CCC(C)N1CCOc2c(F)cc(-c3nc(Nc4ccc(CN(C)C(N)=O)c(F)c4)ncc3F)cc21. The summed E-state index contributed by atoms with van der Waals surface area (Å²) in [6.45, 7) is 5.01. The van der Waals surface area contributed by atoms with Gasteiger partial charge in [0, 0.05) is 36.4 Å². The van der Waals surface area contributed by atoms with Crippen LogP contribution in [0.5, 0.6) is 5.75 Å². The number of benzene rings is 2. The third-order valence-corrected chi connectivity index (χ3v) is 6.15. The number of carbonyl (C=O) groups is 1. The van der Waals surface area contributed by atoms with Gasteiger partial charge in [-0.25, -0.2) is 27.9 Å². The van der Waals surface area contributed by atoms with Crippen LogP contribution in [0.15, 0.2) is 36.5 Å². The number of amides is 2. The molecule has 0 radical (unpaired) electrons. The summed E-state index contributed by atoms with van der Waals surface area (Å²) in [7, 11) is 1.46. The van der Waals surface area contributed by atoms with Crippen molar-refractivity contribution < 1.29 is 22.7 Å². The summed E-state index contributed by atoms with van der Waals surface area (Å²) in [6, 6.07) is 6.55. The summed E-state index contributed by atoms with van der Waals surface area (Å²) >= 11 is 0. The normalized spacial score (nSPS) is 13.6. The van der Waals surface area contributed by atoms with E-state index in [1.807, 2.05) is 18.7 Å². The summed E-state index contributed by atoms with van der Waals surface area (Å²) in [5.41, 5.74) is 6.42. The molecule has 0 spiro atoms. The first kappa shape index (κ1) is 25.1. The van der Waals surface area contributed by atoms with Crippen LogP contribution >= 0.6 is 0 Å². The lowest BCUT2D eigenvalue weighted by molar-refractivity contribution is 0.216. The molecule has 190 valence electrons. The molecular weight excluding hydrogens is 473 g/mol. The van der Waals surface area contributed by atoms with E-state index >= 15 is 0 Å². The van der Waals surface area contributed by atoms with Gasteiger partial charge in [-0.2, -0.15) is 0 Å². The van der Waals surface area contributed by atoms with Crippen LogP contribution in [0.25, 0.3) is 11.3 Å². The van der Waals surface area contributed by atoms with Gasteiger partial charge < -0.3 is 25.6 Å². The Labute approximate surface area is 206 Å². The van der Waals surface area contributed by atoms with Crippen molar-refractivity contribution in [2.45, 2.75) is 32.9 Å². The van der Waals surface area contributed by atoms with Crippen molar-refractivity contribution in [3.63, 3.8) is 0 Å². The highest BCUT2D eigenvalue weighted by atomic mass is 19.1. The maximum atomic E-state index is 15.0. The molecule has 36 heavy (non-hydrogen) atoms. The highest BCUT2D eigenvalue weighted by Crippen LogP contribution is 2.39. The van der Waals surface area contributed by atoms with Crippen molar-refractivity contribution in [3.05, 3.63) is 59.5 Å². The fourth-order valence-electron chi connectivity index (χ4n) is 3.96. The van der Waals surface area contributed by atoms with Crippen LogP contribution < -0.4 is 20.7 Å².